The van der Waals surface area contributed by atoms with Crippen molar-refractivity contribution in [2.24, 2.45) is 0 Å². The fourth-order valence-electron chi connectivity index (χ4n) is 5.00. The molecule has 0 spiro atoms. The highest BCUT2D eigenvalue weighted by atomic mass is 31.2. The van der Waals surface area contributed by atoms with Gasteiger partial charge in [0.1, 0.15) is 0 Å². The van der Waals surface area contributed by atoms with Gasteiger partial charge in [-0.2, -0.15) is 0 Å². The Kier molecular flexibility index (Phi) is 6.82. The van der Waals surface area contributed by atoms with E-state index in [0.29, 0.717) is 15.8 Å². The maximum absolute atomic E-state index is 2.70. The highest BCUT2D eigenvalue weighted by Gasteiger charge is 2.45. The van der Waals surface area contributed by atoms with Crippen LogP contribution in [0.4, 0.5) is 0 Å². The fraction of sp³-hybridized carbons (Fsp3) is 1.00. The molecule has 2 aliphatic rings. The van der Waals surface area contributed by atoms with Gasteiger partial charge in [-0.05, 0) is 79.4 Å². The average Bonchev–Trinajstić information content (AvgIpc) is 3.08. The summed E-state index contributed by atoms with van der Waals surface area (Å²) in [7, 11) is 0.639. The maximum Gasteiger partial charge on any atom is -0.00242 e. The van der Waals surface area contributed by atoms with Gasteiger partial charge in [-0.15, -0.1) is 0 Å². The molecular weight excluding hydrogens is 278 g/mol. The lowest BCUT2D eigenvalue weighted by molar-refractivity contribution is 0.696. The van der Waals surface area contributed by atoms with E-state index in [9.17, 15) is 0 Å². The molecule has 0 aromatic carbocycles. The molecule has 4 atom stereocenters. The van der Waals surface area contributed by atoms with E-state index in [2.05, 4.69) is 34.6 Å². The molecule has 0 amide bonds. The summed E-state index contributed by atoms with van der Waals surface area (Å²) in [6, 6.07) is 0. The Bertz CT molecular complexity index is 239. The third-order valence-electron chi connectivity index (χ3n) is 6.10. The molecule has 2 heterocycles. The van der Waals surface area contributed by atoms with Gasteiger partial charge in [-0.25, -0.2) is 0 Å². The topological polar surface area (TPSA) is 0 Å². The molecule has 2 saturated heterocycles. The fourth-order valence-corrected chi connectivity index (χ4v) is 15.6. The van der Waals surface area contributed by atoms with Crippen molar-refractivity contribution in [3.05, 3.63) is 0 Å². The molecule has 2 aliphatic heterocycles. The summed E-state index contributed by atoms with van der Waals surface area (Å²) in [5, 5.41) is 1.11. The minimum atomic E-state index is 0.320. The summed E-state index contributed by atoms with van der Waals surface area (Å²) in [4.78, 5) is 0. The van der Waals surface area contributed by atoms with Gasteiger partial charge in [-0.1, -0.05) is 50.5 Å². The molecule has 0 aromatic heterocycles. The molecule has 0 saturated carbocycles. The van der Waals surface area contributed by atoms with Gasteiger partial charge in [0.25, 0.3) is 0 Å². The highest BCUT2D eigenvalue weighted by Crippen LogP contribution is 2.74. The summed E-state index contributed by atoms with van der Waals surface area (Å²) < 4.78 is 0. The zero-order valence-corrected chi connectivity index (χ0v) is 16.2. The Morgan fingerprint density at radius 3 is 1.10 bits per heavy atom. The number of hydrogen-bond donors (Lipinski definition) is 0. The van der Waals surface area contributed by atoms with Crippen LogP contribution in [0.3, 0.4) is 0 Å². The molecule has 0 unspecified atom stereocenters. The SMILES string of the molecule is CC[C@@H]1CC[C@@H](CC)P1C(C)P1[C@H](CC)CC[C@H]1CC. The largest absolute Gasteiger partial charge is 0.0930 e. The quantitative estimate of drug-likeness (QED) is 0.463. The summed E-state index contributed by atoms with van der Waals surface area (Å²) in [6.45, 7) is 12.5. The van der Waals surface area contributed by atoms with Gasteiger partial charge in [0.2, 0.25) is 0 Å². The predicted molar refractivity (Wildman–Crippen MR) is 98.1 cm³/mol. The lowest BCUT2D eigenvalue weighted by Gasteiger charge is -2.39. The lowest BCUT2D eigenvalue weighted by atomic mass is 10.1. The van der Waals surface area contributed by atoms with Crippen LogP contribution in [0.15, 0.2) is 0 Å². The van der Waals surface area contributed by atoms with Gasteiger partial charge in [-0.3, -0.25) is 0 Å². The second-order valence-corrected chi connectivity index (χ2v) is 13.6. The molecule has 0 aromatic rings. The zero-order chi connectivity index (χ0) is 14.7. The number of rotatable bonds is 6. The molecular formula is C18H36P2. The summed E-state index contributed by atoms with van der Waals surface area (Å²) in [6.07, 6.45) is 12.1. The Balaban J connectivity index is 2.16. The van der Waals surface area contributed by atoms with Crippen molar-refractivity contribution < 1.29 is 0 Å². The molecule has 2 rings (SSSR count). The van der Waals surface area contributed by atoms with Crippen LogP contribution in [0.1, 0.15) is 86.0 Å². The van der Waals surface area contributed by atoms with Crippen molar-refractivity contribution in [2.75, 3.05) is 0 Å². The molecule has 20 heavy (non-hydrogen) atoms. The van der Waals surface area contributed by atoms with Crippen molar-refractivity contribution >= 4 is 15.8 Å². The van der Waals surface area contributed by atoms with Gasteiger partial charge in [0.05, 0.1) is 0 Å². The van der Waals surface area contributed by atoms with Crippen molar-refractivity contribution in [3.63, 3.8) is 0 Å². The molecule has 2 fully saturated rings. The van der Waals surface area contributed by atoms with E-state index in [1.165, 1.54) is 25.7 Å². The van der Waals surface area contributed by atoms with E-state index >= 15 is 0 Å². The van der Waals surface area contributed by atoms with E-state index in [4.69, 9.17) is 0 Å². The van der Waals surface area contributed by atoms with Gasteiger partial charge in [0.15, 0.2) is 0 Å². The first kappa shape index (κ1) is 17.2. The molecule has 0 bridgehead atoms. The Hall–Kier alpha value is 0.860. The third-order valence-corrected chi connectivity index (χ3v) is 15.3. The van der Waals surface area contributed by atoms with Crippen molar-refractivity contribution in [1.82, 2.24) is 0 Å². The van der Waals surface area contributed by atoms with Crippen LogP contribution in [0.25, 0.3) is 0 Å². The Morgan fingerprint density at radius 2 is 0.900 bits per heavy atom. The summed E-state index contributed by atoms with van der Waals surface area (Å²) in [5.41, 5.74) is 4.46. The minimum absolute atomic E-state index is 0.320. The monoisotopic (exact) mass is 314 g/mol. The van der Waals surface area contributed by atoms with E-state index in [-0.39, 0.29) is 0 Å². The van der Waals surface area contributed by atoms with Crippen molar-refractivity contribution in [2.45, 2.75) is 114 Å². The van der Waals surface area contributed by atoms with Gasteiger partial charge in [0, 0.05) is 0 Å². The predicted octanol–water partition coefficient (Wildman–Crippen LogP) is 7.00. The lowest BCUT2D eigenvalue weighted by Crippen LogP contribution is -2.18. The van der Waals surface area contributed by atoms with Gasteiger partial charge < -0.3 is 0 Å². The van der Waals surface area contributed by atoms with Crippen LogP contribution < -0.4 is 0 Å². The molecule has 0 radical (unpaired) electrons. The van der Waals surface area contributed by atoms with Crippen LogP contribution in [0, 0.1) is 0 Å². The average molecular weight is 314 g/mol. The first-order valence-electron chi connectivity index (χ1n) is 9.22. The van der Waals surface area contributed by atoms with E-state index in [1.807, 2.05) is 0 Å². The number of hydrogen-bond acceptors (Lipinski definition) is 0. The zero-order valence-electron chi connectivity index (χ0n) is 14.4. The smallest absolute Gasteiger partial charge is 0.00242 e. The standard InChI is InChI=1S/C18H36P2/c1-6-15-10-11-16(7-2)19(15)14(5)20-17(8-3)12-13-18(20)9-4/h14-18H,6-13H2,1-5H3/t15-,16-,17-,18-/m1/s1. The summed E-state index contributed by atoms with van der Waals surface area (Å²) >= 11 is 0. The minimum Gasteiger partial charge on any atom is -0.0930 e. The van der Waals surface area contributed by atoms with Gasteiger partial charge >= 0.3 is 0 Å². The Labute approximate surface area is 130 Å². The normalized spacial score (nSPS) is 36.3. The second kappa shape index (κ2) is 7.92. The molecule has 0 N–H and O–H groups in total. The molecule has 0 nitrogen and oxygen atoms in total. The van der Waals surface area contributed by atoms with Crippen LogP contribution in [0.2, 0.25) is 0 Å². The third kappa shape index (κ3) is 3.27. The maximum atomic E-state index is 2.70. The van der Waals surface area contributed by atoms with Crippen molar-refractivity contribution in [3.8, 4) is 0 Å². The Morgan fingerprint density at radius 1 is 0.650 bits per heavy atom. The highest BCUT2D eigenvalue weighted by molar-refractivity contribution is 7.77. The second-order valence-electron chi connectivity index (χ2n) is 6.93. The van der Waals surface area contributed by atoms with Crippen molar-refractivity contribution in [1.29, 1.82) is 0 Å². The molecule has 118 valence electrons. The van der Waals surface area contributed by atoms with Crippen LogP contribution in [-0.4, -0.2) is 28.0 Å². The van der Waals surface area contributed by atoms with E-state index in [0.717, 1.165) is 28.0 Å². The molecule has 2 heteroatoms. The molecule has 0 aliphatic carbocycles. The first-order valence-corrected chi connectivity index (χ1v) is 12.3. The first-order chi connectivity index (χ1) is 9.67. The summed E-state index contributed by atoms with van der Waals surface area (Å²) in [5.74, 6) is 0. The van der Waals surface area contributed by atoms with Crippen LogP contribution in [0.5, 0.6) is 0 Å². The van der Waals surface area contributed by atoms with Crippen LogP contribution >= 0.6 is 15.8 Å². The van der Waals surface area contributed by atoms with E-state index < -0.39 is 0 Å². The van der Waals surface area contributed by atoms with E-state index in [1.54, 1.807) is 25.7 Å². The van der Waals surface area contributed by atoms with Crippen LogP contribution in [-0.2, 0) is 0 Å².